The Hall–Kier alpha value is -2.79. The van der Waals surface area contributed by atoms with E-state index in [1.165, 1.54) is 5.56 Å². The highest BCUT2D eigenvalue weighted by Gasteiger charge is 2.34. The van der Waals surface area contributed by atoms with Gasteiger partial charge in [0.25, 0.3) is 5.91 Å². The van der Waals surface area contributed by atoms with Crippen molar-refractivity contribution in [2.75, 3.05) is 20.8 Å². The Morgan fingerprint density at radius 2 is 1.78 bits per heavy atom. The second-order valence-electron chi connectivity index (χ2n) is 6.44. The highest BCUT2D eigenvalue weighted by molar-refractivity contribution is 7.10. The molecule has 0 aliphatic carbocycles. The number of benzene rings is 2. The summed E-state index contributed by atoms with van der Waals surface area (Å²) in [5.74, 6) is 1.46. The summed E-state index contributed by atoms with van der Waals surface area (Å²) in [5.41, 5.74) is 3.01. The molecule has 5 heteroatoms. The number of rotatable bonds is 4. The van der Waals surface area contributed by atoms with Crippen molar-refractivity contribution in [1.82, 2.24) is 4.90 Å². The number of carbonyl (C=O) groups is 1. The smallest absolute Gasteiger partial charge is 0.254 e. The van der Waals surface area contributed by atoms with Gasteiger partial charge in [-0.3, -0.25) is 4.79 Å². The third kappa shape index (κ3) is 3.19. The average Bonchev–Trinajstić information content (AvgIpc) is 3.26. The number of methoxy groups -OCH3 is 2. The van der Waals surface area contributed by atoms with Crippen molar-refractivity contribution in [3.63, 3.8) is 0 Å². The van der Waals surface area contributed by atoms with E-state index in [0.717, 1.165) is 22.6 Å². The minimum Gasteiger partial charge on any atom is -0.493 e. The molecule has 0 radical (unpaired) electrons. The fraction of sp³-hybridized carbons (Fsp3) is 0.227. The van der Waals surface area contributed by atoms with Crippen LogP contribution in [0.2, 0.25) is 0 Å². The summed E-state index contributed by atoms with van der Waals surface area (Å²) in [4.78, 5) is 16.4. The van der Waals surface area contributed by atoms with Gasteiger partial charge in [0.2, 0.25) is 0 Å². The number of hydrogen-bond donors (Lipinski definition) is 0. The van der Waals surface area contributed by atoms with E-state index in [-0.39, 0.29) is 11.9 Å². The minimum atomic E-state index is -0.124. The molecule has 1 amide bonds. The van der Waals surface area contributed by atoms with Crippen molar-refractivity contribution >= 4 is 17.2 Å². The number of fused-ring (bicyclic) bond motifs is 1. The van der Waals surface area contributed by atoms with Crippen molar-refractivity contribution < 1.29 is 14.3 Å². The summed E-state index contributed by atoms with van der Waals surface area (Å²) < 4.78 is 11.0. The zero-order valence-electron chi connectivity index (χ0n) is 15.3. The second kappa shape index (κ2) is 7.45. The summed E-state index contributed by atoms with van der Waals surface area (Å²) in [6, 6.07) is 17.5. The average molecular weight is 379 g/mol. The predicted molar refractivity (Wildman–Crippen MR) is 107 cm³/mol. The summed E-state index contributed by atoms with van der Waals surface area (Å²) in [5, 5.41) is 2.05. The van der Waals surface area contributed by atoms with Gasteiger partial charge >= 0.3 is 0 Å². The van der Waals surface area contributed by atoms with Crippen LogP contribution in [0.15, 0.2) is 60.0 Å². The molecule has 2 aromatic carbocycles. The maximum absolute atomic E-state index is 13.3. The van der Waals surface area contributed by atoms with Crippen molar-refractivity contribution in [1.29, 1.82) is 0 Å². The van der Waals surface area contributed by atoms with Gasteiger partial charge in [-0.15, -0.1) is 11.3 Å². The summed E-state index contributed by atoms with van der Waals surface area (Å²) in [6.45, 7) is 0.665. The van der Waals surface area contributed by atoms with E-state index in [1.807, 2.05) is 53.4 Å². The highest BCUT2D eigenvalue weighted by Crippen LogP contribution is 2.42. The molecule has 0 saturated carbocycles. The van der Waals surface area contributed by atoms with E-state index in [4.69, 9.17) is 9.47 Å². The maximum Gasteiger partial charge on any atom is 0.254 e. The van der Waals surface area contributed by atoms with E-state index in [2.05, 4.69) is 11.4 Å². The summed E-state index contributed by atoms with van der Waals surface area (Å²) >= 11 is 1.67. The second-order valence-corrected chi connectivity index (χ2v) is 7.42. The van der Waals surface area contributed by atoms with Gasteiger partial charge in [-0.1, -0.05) is 24.3 Å². The third-order valence-corrected chi connectivity index (χ3v) is 5.89. The van der Waals surface area contributed by atoms with Crippen LogP contribution in [0.25, 0.3) is 0 Å². The maximum atomic E-state index is 13.3. The van der Waals surface area contributed by atoms with E-state index >= 15 is 0 Å². The number of carbonyl (C=O) groups excluding carboxylic acids is 1. The Morgan fingerprint density at radius 3 is 2.44 bits per heavy atom. The molecular weight excluding hydrogens is 358 g/mol. The molecule has 0 N–H and O–H groups in total. The molecule has 3 aromatic rings. The Bertz CT molecular complexity index is 938. The first-order chi connectivity index (χ1) is 13.2. The predicted octanol–water partition coefficient (Wildman–Crippen LogP) is 4.55. The van der Waals surface area contributed by atoms with Crippen molar-refractivity contribution in [2.24, 2.45) is 0 Å². The molecule has 1 aromatic heterocycles. The summed E-state index contributed by atoms with van der Waals surface area (Å²) in [7, 11) is 3.29. The molecule has 0 bridgehead atoms. The van der Waals surface area contributed by atoms with Crippen molar-refractivity contribution in [2.45, 2.75) is 12.5 Å². The molecule has 1 aliphatic heterocycles. The normalized spacial score (nSPS) is 15.9. The quantitative estimate of drug-likeness (QED) is 0.667. The van der Waals surface area contributed by atoms with Gasteiger partial charge in [0.15, 0.2) is 11.5 Å². The molecule has 4 rings (SSSR count). The van der Waals surface area contributed by atoms with Gasteiger partial charge in [-0.05, 0) is 53.3 Å². The fourth-order valence-corrected chi connectivity index (χ4v) is 4.52. The van der Waals surface area contributed by atoms with Gasteiger partial charge in [0, 0.05) is 17.0 Å². The SMILES string of the molecule is COc1cc2c(cc1OC)[C@H](c1cccs1)N(C(=O)c1ccccc1)CC2. The van der Waals surface area contributed by atoms with Crippen molar-refractivity contribution in [3.8, 4) is 11.5 Å². The molecule has 0 fully saturated rings. The summed E-state index contributed by atoms with van der Waals surface area (Å²) in [6.07, 6.45) is 0.788. The van der Waals surface area contributed by atoms with E-state index in [0.29, 0.717) is 17.9 Å². The molecule has 138 valence electrons. The molecule has 27 heavy (non-hydrogen) atoms. The largest absolute Gasteiger partial charge is 0.493 e. The lowest BCUT2D eigenvalue weighted by molar-refractivity contribution is 0.0697. The van der Waals surface area contributed by atoms with Crippen LogP contribution < -0.4 is 9.47 Å². The van der Waals surface area contributed by atoms with Gasteiger partial charge in [0.1, 0.15) is 0 Å². The number of nitrogens with zero attached hydrogens (tertiary/aromatic N) is 1. The first-order valence-electron chi connectivity index (χ1n) is 8.87. The lowest BCUT2D eigenvalue weighted by Gasteiger charge is -2.37. The Kier molecular flexibility index (Phi) is 4.86. The van der Waals surface area contributed by atoms with Crippen LogP contribution in [-0.2, 0) is 6.42 Å². The van der Waals surface area contributed by atoms with Crippen LogP contribution in [0.1, 0.15) is 32.4 Å². The lowest BCUT2D eigenvalue weighted by atomic mass is 9.90. The molecule has 0 spiro atoms. The Morgan fingerprint density at radius 1 is 1.04 bits per heavy atom. The molecule has 0 unspecified atom stereocenters. The van der Waals surface area contributed by atoms with Crippen LogP contribution in [0.5, 0.6) is 11.5 Å². The third-order valence-electron chi connectivity index (χ3n) is 4.97. The molecular formula is C22H21NO3S. The highest BCUT2D eigenvalue weighted by atomic mass is 32.1. The number of amides is 1. The molecule has 1 aliphatic rings. The standard InChI is InChI=1S/C22H21NO3S/c1-25-18-13-16-10-11-23(22(24)15-7-4-3-5-8-15)21(20-9-6-12-27-20)17(16)14-19(18)26-2/h3-9,12-14,21H,10-11H2,1-2H3/t21-/m1/s1. The topological polar surface area (TPSA) is 38.8 Å². The number of thiophene rings is 1. The van der Waals surface area contributed by atoms with Gasteiger partial charge in [-0.25, -0.2) is 0 Å². The Labute approximate surface area is 163 Å². The first-order valence-corrected chi connectivity index (χ1v) is 9.75. The van der Waals surface area contributed by atoms with E-state index in [9.17, 15) is 4.79 Å². The molecule has 0 saturated heterocycles. The van der Waals surface area contributed by atoms with Crippen LogP contribution in [-0.4, -0.2) is 31.6 Å². The number of ether oxygens (including phenoxy) is 2. The number of hydrogen-bond acceptors (Lipinski definition) is 4. The van der Waals surface area contributed by atoms with Crippen LogP contribution in [0.3, 0.4) is 0 Å². The van der Waals surface area contributed by atoms with Crippen LogP contribution in [0, 0.1) is 0 Å². The molecule has 2 heterocycles. The van der Waals surface area contributed by atoms with E-state index < -0.39 is 0 Å². The van der Waals surface area contributed by atoms with Crippen LogP contribution in [0.4, 0.5) is 0 Å². The van der Waals surface area contributed by atoms with E-state index in [1.54, 1.807) is 25.6 Å². The van der Waals surface area contributed by atoms with Gasteiger partial charge in [-0.2, -0.15) is 0 Å². The van der Waals surface area contributed by atoms with Gasteiger partial charge < -0.3 is 14.4 Å². The first kappa shape index (κ1) is 17.6. The van der Waals surface area contributed by atoms with Crippen LogP contribution >= 0.6 is 11.3 Å². The zero-order valence-corrected chi connectivity index (χ0v) is 16.2. The Balaban J connectivity index is 1.82. The fourth-order valence-electron chi connectivity index (χ4n) is 3.66. The monoisotopic (exact) mass is 379 g/mol. The molecule has 1 atom stereocenters. The zero-order chi connectivity index (χ0) is 18.8. The minimum absolute atomic E-state index is 0.0504. The van der Waals surface area contributed by atoms with Crippen molar-refractivity contribution in [3.05, 3.63) is 81.5 Å². The lowest BCUT2D eigenvalue weighted by Crippen LogP contribution is -2.40. The molecule has 4 nitrogen and oxygen atoms in total. The van der Waals surface area contributed by atoms with Gasteiger partial charge in [0.05, 0.1) is 20.3 Å².